The van der Waals surface area contributed by atoms with E-state index in [0.29, 0.717) is 6.04 Å². The normalized spacial score (nSPS) is 36.4. The Hall–Kier alpha value is -0.0800. The molecule has 0 aromatic carbocycles. The van der Waals surface area contributed by atoms with Crippen molar-refractivity contribution in [3.05, 3.63) is 0 Å². The van der Waals surface area contributed by atoms with Crippen LogP contribution in [0, 0.1) is 11.8 Å². The van der Waals surface area contributed by atoms with Crippen LogP contribution < -0.4 is 5.73 Å². The molecule has 2 heteroatoms. The molecule has 1 aliphatic carbocycles. The molecule has 0 aromatic rings. The Balaban J connectivity index is 1.74. The fourth-order valence-electron chi connectivity index (χ4n) is 3.08. The summed E-state index contributed by atoms with van der Waals surface area (Å²) in [6.45, 7) is 2.60. The lowest BCUT2D eigenvalue weighted by Crippen LogP contribution is -2.33. The van der Waals surface area contributed by atoms with Crippen LogP contribution >= 0.6 is 0 Å². The van der Waals surface area contributed by atoms with E-state index in [4.69, 9.17) is 5.73 Å². The molecule has 1 heterocycles. The molecule has 2 unspecified atom stereocenters. The van der Waals surface area contributed by atoms with E-state index in [2.05, 4.69) is 11.9 Å². The van der Waals surface area contributed by atoms with Crippen LogP contribution in [0.3, 0.4) is 0 Å². The summed E-state index contributed by atoms with van der Waals surface area (Å²) in [7, 11) is 2.23. The first-order valence-corrected chi connectivity index (χ1v) is 6.20. The Bertz CT molecular complexity index is 173. The average Bonchev–Trinajstić information content (AvgIpc) is 2.56. The van der Waals surface area contributed by atoms with Gasteiger partial charge in [0.05, 0.1) is 0 Å². The summed E-state index contributed by atoms with van der Waals surface area (Å²) < 4.78 is 0. The molecule has 1 aliphatic heterocycles. The minimum absolute atomic E-state index is 0.523. The SMILES string of the molecule is CN1CCC(CC2CCCC2N)CC1. The molecule has 2 fully saturated rings. The maximum absolute atomic E-state index is 6.11. The molecule has 2 N–H and O–H groups in total. The maximum Gasteiger partial charge on any atom is 0.00672 e. The predicted octanol–water partition coefficient (Wildman–Crippen LogP) is 1.85. The second-order valence-corrected chi connectivity index (χ2v) is 5.34. The smallest absolute Gasteiger partial charge is 0.00672 e. The zero-order valence-corrected chi connectivity index (χ0v) is 9.41. The van der Waals surface area contributed by atoms with E-state index < -0.39 is 0 Å². The molecule has 1 saturated carbocycles. The quantitative estimate of drug-likeness (QED) is 0.730. The van der Waals surface area contributed by atoms with Crippen LogP contribution in [0.2, 0.25) is 0 Å². The van der Waals surface area contributed by atoms with Crippen LogP contribution in [0.5, 0.6) is 0 Å². The molecule has 0 radical (unpaired) electrons. The van der Waals surface area contributed by atoms with Gasteiger partial charge in [0.2, 0.25) is 0 Å². The van der Waals surface area contributed by atoms with Crippen LogP contribution in [0.1, 0.15) is 38.5 Å². The first-order chi connectivity index (χ1) is 6.75. The molecule has 2 aliphatic rings. The number of likely N-dealkylation sites (tertiary alicyclic amines) is 1. The van der Waals surface area contributed by atoms with Crippen molar-refractivity contribution in [3.63, 3.8) is 0 Å². The summed E-state index contributed by atoms with van der Waals surface area (Å²) in [4.78, 5) is 2.45. The van der Waals surface area contributed by atoms with Gasteiger partial charge in [0, 0.05) is 6.04 Å². The Kier molecular flexibility index (Phi) is 3.45. The van der Waals surface area contributed by atoms with Crippen LogP contribution in [0.15, 0.2) is 0 Å². The van der Waals surface area contributed by atoms with Crippen molar-refractivity contribution in [3.8, 4) is 0 Å². The summed E-state index contributed by atoms with van der Waals surface area (Å²) in [6, 6.07) is 0.523. The first-order valence-electron chi connectivity index (χ1n) is 6.20. The first kappa shape index (κ1) is 10.4. The molecule has 2 rings (SSSR count). The third-order valence-electron chi connectivity index (χ3n) is 4.19. The predicted molar refractivity (Wildman–Crippen MR) is 60.2 cm³/mol. The molecular formula is C12H24N2. The van der Waals surface area contributed by atoms with E-state index in [1.807, 2.05) is 0 Å². The molecule has 0 amide bonds. The highest BCUT2D eigenvalue weighted by Crippen LogP contribution is 2.33. The van der Waals surface area contributed by atoms with Gasteiger partial charge < -0.3 is 10.6 Å². The molecule has 0 spiro atoms. The summed E-state index contributed by atoms with van der Waals surface area (Å²) in [5.74, 6) is 1.82. The van der Waals surface area contributed by atoms with Gasteiger partial charge in [0.15, 0.2) is 0 Å². The fraction of sp³-hybridized carbons (Fsp3) is 1.00. The van der Waals surface area contributed by atoms with E-state index in [0.717, 1.165) is 11.8 Å². The van der Waals surface area contributed by atoms with Crippen LogP contribution in [-0.4, -0.2) is 31.1 Å². The van der Waals surface area contributed by atoms with Gasteiger partial charge in [-0.1, -0.05) is 6.42 Å². The molecule has 1 saturated heterocycles. The summed E-state index contributed by atoms with van der Waals surface area (Å²) in [6.07, 6.45) is 8.26. The van der Waals surface area contributed by atoms with Gasteiger partial charge in [0.25, 0.3) is 0 Å². The third-order valence-corrected chi connectivity index (χ3v) is 4.19. The van der Waals surface area contributed by atoms with E-state index in [1.165, 1.54) is 51.6 Å². The number of nitrogens with zero attached hydrogens (tertiary/aromatic N) is 1. The maximum atomic E-state index is 6.11. The Labute approximate surface area is 87.8 Å². The van der Waals surface area contributed by atoms with Crippen molar-refractivity contribution in [2.45, 2.75) is 44.6 Å². The Morgan fingerprint density at radius 3 is 2.43 bits per heavy atom. The third kappa shape index (κ3) is 2.48. The van der Waals surface area contributed by atoms with E-state index >= 15 is 0 Å². The van der Waals surface area contributed by atoms with Crippen LogP contribution in [0.4, 0.5) is 0 Å². The number of piperidine rings is 1. The topological polar surface area (TPSA) is 29.3 Å². The lowest BCUT2D eigenvalue weighted by molar-refractivity contribution is 0.192. The van der Waals surface area contributed by atoms with E-state index in [1.54, 1.807) is 0 Å². The fourth-order valence-corrected chi connectivity index (χ4v) is 3.08. The zero-order chi connectivity index (χ0) is 9.97. The van der Waals surface area contributed by atoms with Gasteiger partial charge in [0.1, 0.15) is 0 Å². The van der Waals surface area contributed by atoms with Gasteiger partial charge in [-0.05, 0) is 64.1 Å². The summed E-state index contributed by atoms with van der Waals surface area (Å²) in [5.41, 5.74) is 6.11. The number of nitrogens with two attached hydrogens (primary N) is 1. The van der Waals surface area contributed by atoms with Gasteiger partial charge >= 0.3 is 0 Å². The van der Waals surface area contributed by atoms with Crippen molar-refractivity contribution in [2.75, 3.05) is 20.1 Å². The molecule has 14 heavy (non-hydrogen) atoms. The standard InChI is InChI=1S/C12H24N2/c1-14-7-5-10(6-8-14)9-11-3-2-4-12(11)13/h10-12H,2-9,13H2,1H3. The van der Waals surface area contributed by atoms with E-state index in [9.17, 15) is 0 Å². The lowest BCUT2D eigenvalue weighted by atomic mass is 9.85. The van der Waals surface area contributed by atoms with Crippen molar-refractivity contribution < 1.29 is 0 Å². The largest absolute Gasteiger partial charge is 0.327 e. The Morgan fingerprint density at radius 1 is 1.14 bits per heavy atom. The molecule has 82 valence electrons. The van der Waals surface area contributed by atoms with Crippen molar-refractivity contribution in [1.29, 1.82) is 0 Å². The average molecular weight is 196 g/mol. The minimum atomic E-state index is 0.523. The molecule has 2 nitrogen and oxygen atoms in total. The lowest BCUT2D eigenvalue weighted by Gasteiger charge is -2.31. The molecular weight excluding hydrogens is 172 g/mol. The Morgan fingerprint density at radius 2 is 1.86 bits per heavy atom. The second kappa shape index (κ2) is 4.63. The highest BCUT2D eigenvalue weighted by Gasteiger charge is 2.27. The minimum Gasteiger partial charge on any atom is -0.327 e. The van der Waals surface area contributed by atoms with Crippen LogP contribution in [0.25, 0.3) is 0 Å². The number of hydrogen-bond donors (Lipinski definition) is 1. The van der Waals surface area contributed by atoms with Crippen LogP contribution in [-0.2, 0) is 0 Å². The molecule has 0 aromatic heterocycles. The van der Waals surface area contributed by atoms with E-state index in [-0.39, 0.29) is 0 Å². The highest BCUT2D eigenvalue weighted by atomic mass is 15.1. The van der Waals surface area contributed by atoms with Gasteiger partial charge in [-0.3, -0.25) is 0 Å². The van der Waals surface area contributed by atoms with Crippen molar-refractivity contribution in [1.82, 2.24) is 4.90 Å². The molecule has 2 atom stereocenters. The molecule has 0 bridgehead atoms. The number of hydrogen-bond acceptors (Lipinski definition) is 2. The van der Waals surface area contributed by atoms with Gasteiger partial charge in [-0.15, -0.1) is 0 Å². The monoisotopic (exact) mass is 196 g/mol. The second-order valence-electron chi connectivity index (χ2n) is 5.34. The summed E-state index contributed by atoms with van der Waals surface area (Å²) >= 11 is 0. The van der Waals surface area contributed by atoms with Crippen molar-refractivity contribution >= 4 is 0 Å². The number of rotatable bonds is 2. The van der Waals surface area contributed by atoms with Crippen molar-refractivity contribution in [2.24, 2.45) is 17.6 Å². The van der Waals surface area contributed by atoms with Gasteiger partial charge in [-0.2, -0.15) is 0 Å². The zero-order valence-electron chi connectivity index (χ0n) is 9.41. The van der Waals surface area contributed by atoms with Gasteiger partial charge in [-0.25, -0.2) is 0 Å². The summed E-state index contributed by atoms with van der Waals surface area (Å²) in [5, 5.41) is 0. The highest BCUT2D eigenvalue weighted by molar-refractivity contribution is 4.83.